The Morgan fingerprint density at radius 1 is 1.23 bits per heavy atom. The van der Waals surface area contributed by atoms with Gasteiger partial charge in [0.15, 0.2) is 0 Å². The molecule has 0 spiro atoms. The van der Waals surface area contributed by atoms with E-state index in [1.54, 1.807) is 0 Å². The molecule has 1 saturated heterocycles. The van der Waals surface area contributed by atoms with E-state index in [1.807, 2.05) is 0 Å². The number of hydrogen-bond acceptors (Lipinski definition) is 2. The second kappa shape index (κ2) is 6.81. The molecule has 1 aromatic rings. The zero-order valence-electron chi connectivity index (χ0n) is 14.2. The molecule has 1 aromatic carbocycles. The minimum Gasteiger partial charge on any atom is -0.481 e. The number of halogens is 3. The Balaban J connectivity index is 1.59. The van der Waals surface area contributed by atoms with Crippen LogP contribution in [0.1, 0.15) is 36.8 Å². The van der Waals surface area contributed by atoms with Gasteiger partial charge in [0.2, 0.25) is 0 Å². The number of alkyl halides is 3. The molecule has 2 N–H and O–H groups in total. The van der Waals surface area contributed by atoms with Crippen LogP contribution in [0.5, 0.6) is 0 Å². The summed E-state index contributed by atoms with van der Waals surface area (Å²) in [7, 11) is 0. The van der Waals surface area contributed by atoms with E-state index in [-0.39, 0.29) is 18.0 Å². The molecule has 1 atom stereocenters. The van der Waals surface area contributed by atoms with Crippen molar-refractivity contribution in [2.75, 3.05) is 19.6 Å². The molecule has 2 amide bonds. The fourth-order valence-corrected chi connectivity index (χ4v) is 3.45. The van der Waals surface area contributed by atoms with E-state index in [2.05, 4.69) is 5.32 Å². The van der Waals surface area contributed by atoms with Gasteiger partial charge in [-0.05, 0) is 43.4 Å². The van der Waals surface area contributed by atoms with Crippen LogP contribution in [0.4, 0.5) is 18.0 Å². The summed E-state index contributed by atoms with van der Waals surface area (Å²) in [4.78, 5) is 24.9. The smallest absolute Gasteiger partial charge is 0.416 e. The summed E-state index contributed by atoms with van der Waals surface area (Å²) in [5, 5.41) is 11.9. The molecule has 5 nitrogen and oxygen atoms in total. The van der Waals surface area contributed by atoms with Crippen molar-refractivity contribution >= 4 is 12.0 Å². The van der Waals surface area contributed by atoms with Crippen molar-refractivity contribution in [3.63, 3.8) is 0 Å². The van der Waals surface area contributed by atoms with Crippen LogP contribution in [0.3, 0.4) is 0 Å². The van der Waals surface area contributed by atoms with Gasteiger partial charge < -0.3 is 15.3 Å². The van der Waals surface area contributed by atoms with Crippen LogP contribution in [0.25, 0.3) is 0 Å². The zero-order chi connectivity index (χ0) is 18.9. The predicted octanol–water partition coefficient (Wildman–Crippen LogP) is 3.24. The first kappa shape index (κ1) is 18.5. The minimum atomic E-state index is -4.36. The average molecular weight is 370 g/mol. The number of carbonyl (C=O) groups excluding carboxylic acids is 1. The molecular formula is C18H21F3N2O3. The van der Waals surface area contributed by atoms with Crippen molar-refractivity contribution in [2.45, 2.75) is 37.3 Å². The number of piperidine rings is 1. The molecule has 26 heavy (non-hydrogen) atoms. The monoisotopic (exact) mass is 370 g/mol. The molecule has 142 valence electrons. The molecule has 2 aliphatic rings. The number of carbonyl (C=O) groups is 2. The first-order chi connectivity index (χ1) is 12.2. The van der Waals surface area contributed by atoms with Gasteiger partial charge in [-0.25, -0.2) is 4.79 Å². The molecular weight excluding hydrogens is 349 g/mol. The van der Waals surface area contributed by atoms with Crippen LogP contribution >= 0.6 is 0 Å². The van der Waals surface area contributed by atoms with E-state index in [0.717, 1.165) is 30.5 Å². The quantitative estimate of drug-likeness (QED) is 0.855. The van der Waals surface area contributed by atoms with Crippen LogP contribution < -0.4 is 5.32 Å². The third-order valence-electron chi connectivity index (χ3n) is 5.31. The van der Waals surface area contributed by atoms with E-state index in [0.29, 0.717) is 25.9 Å². The highest BCUT2D eigenvalue weighted by Crippen LogP contribution is 2.48. The van der Waals surface area contributed by atoms with Gasteiger partial charge >= 0.3 is 18.2 Å². The maximum Gasteiger partial charge on any atom is 0.416 e. The first-order valence-corrected chi connectivity index (χ1v) is 8.65. The molecule has 1 aliphatic heterocycles. The summed E-state index contributed by atoms with van der Waals surface area (Å²) < 4.78 is 38.0. The van der Waals surface area contributed by atoms with Gasteiger partial charge in [0, 0.05) is 25.0 Å². The first-order valence-electron chi connectivity index (χ1n) is 8.65. The Morgan fingerprint density at radius 2 is 1.88 bits per heavy atom. The molecule has 0 bridgehead atoms. The highest BCUT2D eigenvalue weighted by atomic mass is 19.4. The number of rotatable bonds is 4. The van der Waals surface area contributed by atoms with Crippen LogP contribution in [0.2, 0.25) is 0 Å². The van der Waals surface area contributed by atoms with E-state index in [9.17, 15) is 22.8 Å². The summed E-state index contributed by atoms with van der Waals surface area (Å²) >= 11 is 0. The van der Waals surface area contributed by atoms with E-state index >= 15 is 0 Å². The zero-order valence-corrected chi connectivity index (χ0v) is 14.2. The van der Waals surface area contributed by atoms with Gasteiger partial charge in [-0.2, -0.15) is 13.2 Å². The largest absolute Gasteiger partial charge is 0.481 e. The SMILES string of the molecule is O=C(O)C1CCCN(C(=O)NCC2(c3ccc(C(F)(F)F)cc3)CC2)C1. The van der Waals surface area contributed by atoms with Crippen molar-refractivity contribution in [3.8, 4) is 0 Å². The summed E-state index contributed by atoms with van der Waals surface area (Å²) in [6, 6.07) is 4.78. The van der Waals surface area contributed by atoms with E-state index < -0.39 is 23.6 Å². The molecule has 1 unspecified atom stereocenters. The highest BCUT2D eigenvalue weighted by molar-refractivity contribution is 5.76. The van der Waals surface area contributed by atoms with Gasteiger partial charge in [0.25, 0.3) is 0 Å². The standard InChI is InChI=1S/C18H21F3N2O3/c19-18(20,21)14-5-3-13(4-6-14)17(7-8-17)11-22-16(26)23-9-1-2-12(10-23)15(24)25/h3-6,12H,1-2,7-11H2,(H,22,26)(H,24,25). The fraction of sp³-hybridized carbons (Fsp3) is 0.556. The number of nitrogens with zero attached hydrogens (tertiary/aromatic N) is 1. The molecule has 8 heteroatoms. The third-order valence-corrected chi connectivity index (χ3v) is 5.31. The molecule has 1 saturated carbocycles. The van der Waals surface area contributed by atoms with Crippen molar-refractivity contribution in [2.24, 2.45) is 5.92 Å². The Hall–Kier alpha value is -2.25. The number of urea groups is 1. The van der Waals surface area contributed by atoms with Gasteiger partial charge in [0.05, 0.1) is 11.5 Å². The number of hydrogen-bond donors (Lipinski definition) is 2. The highest BCUT2D eigenvalue weighted by Gasteiger charge is 2.45. The number of carboxylic acids is 1. The summed E-state index contributed by atoms with van der Waals surface area (Å²) in [6.07, 6.45) is -1.55. The fourth-order valence-electron chi connectivity index (χ4n) is 3.45. The Labute approximate surface area is 149 Å². The summed E-state index contributed by atoms with van der Waals surface area (Å²) in [6.45, 7) is 1.04. The van der Waals surface area contributed by atoms with Crippen molar-refractivity contribution < 1.29 is 27.9 Å². The summed E-state index contributed by atoms with van der Waals surface area (Å²) in [5.74, 6) is -1.44. The number of carboxylic acid groups (broad SMARTS) is 1. The maximum absolute atomic E-state index is 12.7. The summed E-state index contributed by atoms with van der Waals surface area (Å²) in [5.41, 5.74) is -0.219. The molecule has 3 rings (SSSR count). The Bertz CT molecular complexity index is 684. The molecule has 1 aliphatic carbocycles. The molecule has 0 aromatic heterocycles. The van der Waals surface area contributed by atoms with Crippen molar-refractivity contribution in [1.29, 1.82) is 0 Å². The second-order valence-corrected chi connectivity index (χ2v) is 7.14. The van der Waals surface area contributed by atoms with Gasteiger partial charge in [0.1, 0.15) is 0 Å². The van der Waals surface area contributed by atoms with Crippen LogP contribution in [-0.2, 0) is 16.4 Å². The van der Waals surface area contributed by atoms with E-state index in [1.165, 1.54) is 17.0 Å². The van der Waals surface area contributed by atoms with Crippen LogP contribution in [0, 0.1) is 5.92 Å². The normalized spacial score (nSPS) is 22.0. The minimum absolute atomic E-state index is 0.189. The van der Waals surface area contributed by atoms with Crippen LogP contribution in [0.15, 0.2) is 24.3 Å². The van der Waals surface area contributed by atoms with Crippen LogP contribution in [-0.4, -0.2) is 41.6 Å². The van der Waals surface area contributed by atoms with Crippen molar-refractivity contribution in [3.05, 3.63) is 35.4 Å². The molecule has 2 fully saturated rings. The maximum atomic E-state index is 12.7. The third kappa shape index (κ3) is 3.94. The van der Waals surface area contributed by atoms with Crippen molar-refractivity contribution in [1.82, 2.24) is 10.2 Å². The lowest BCUT2D eigenvalue weighted by atomic mass is 9.94. The lowest BCUT2D eigenvalue weighted by Crippen LogP contribution is -2.48. The number of likely N-dealkylation sites (tertiary alicyclic amines) is 1. The lowest BCUT2D eigenvalue weighted by molar-refractivity contribution is -0.143. The Kier molecular flexibility index (Phi) is 4.86. The molecule has 1 heterocycles. The Morgan fingerprint density at radius 3 is 2.42 bits per heavy atom. The lowest BCUT2D eigenvalue weighted by Gasteiger charge is -2.31. The number of benzene rings is 1. The second-order valence-electron chi connectivity index (χ2n) is 7.14. The topological polar surface area (TPSA) is 69.6 Å². The van der Waals surface area contributed by atoms with Gasteiger partial charge in [-0.3, -0.25) is 4.79 Å². The predicted molar refractivity (Wildman–Crippen MR) is 87.7 cm³/mol. The van der Waals surface area contributed by atoms with E-state index in [4.69, 9.17) is 5.11 Å². The number of aliphatic carboxylic acids is 1. The van der Waals surface area contributed by atoms with Gasteiger partial charge in [-0.15, -0.1) is 0 Å². The number of nitrogens with one attached hydrogen (secondary N) is 1. The number of amides is 2. The average Bonchev–Trinajstić information content (AvgIpc) is 3.40. The molecule has 0 radical (unpaired) electrons. The van der Waals surface area contributed by atoms with Gasteiger partial charge in [-0.1, -0.05) is 12.1 Å².